The predicted molar refractivity (Wildman–Crippen MR) is 71.7 cm³/mol. The SMILES string of the molecule is CCCn1ncc(Br)c1C1(O)CCCC1(C)C. The van der Waals surface area contributed by atoms with E-state index in [1.807, 2.05) is 4.68 Å². The zero-order chi connectivity index (χ0) is 12.7. The number of aromatic nitrogens is 2. The summed E-state index contributed by atoms with van der Waals surface area (Å²) in [6.45, 7) is 7.29. The maximum absolute atomic E-state index is 11.1. The maximum Gasteiger partial charge on any atom is 0.112 e. The van der Waals surface area contributed by atoms with Crippen LogP contribution in [0.25, 0.3) is 0 Å². The third-order valence-corrected chi connectivity index (χ3v) is 4.66. The van der Waals surface area contributed by atoms with Gasteiger partial charge in [0, 0.05) is 6.54 Å². The lowest BCUT2D eigenvalue weighted by Crippen LogP contribution is -2.39. The molecule has 0 spiro atoms. The highest BCUT2D eigenvalue weighted by molar-refractivity contribution is 9.10. The van der Waals surface area contributed by atoms with E-state index in [2.05, 4.69) is 41.8 Å². The number of hydrogen-bond donors (Lipinski definition) is 1. The van der Waals surface area contributed by atoms with Crippen molar-refractivity contribution in [1.29, 1.82) is 0 Å². The number of rotatable bonds is 3. The van der Waals surface area contributed by atoms with Crippen molar-refractivity contribution in [2.75, 3.05) is 0 Å². The molecule has 1 N–H and O–H groups in total. The van der Waals surface area contributed by atoms with E-state index in [1.54, 1.807) is 6.20 Å². The molecule has 0 saturated heterocycles. The van der Waals surface area contributed by atoms with Gasteiger partial charge < -0.3 is 5.11 Å². The van der Waals surface area contributed by atoms with Gasteiger partial charge in [-0.2, -0.15) is 5.10 Å². The summed E-state index contributed by atoms with van der Waals surface area (Å²) in [7, 11) is 0. The van der Waals surface area contributed by atoms with Crippen LogP contribution in [-0.2, 0) is 12.1 Å². The Morgan fingerprint density at radius 2 is 2.18 bits per heavy atom. The first-order chi connectivity index (χ1) is 7.92. The summed E-state index contributed by atoms with van der Waals surface area (Å²) in [5.41, 5.74) is 0.125. The van der Waals surface area contributed by atoms with E-state index in [4.69, 9.17) is 0 Å². The summed E-state index contributed by atoms with van der Waals surface area (Å²) in [5, 5.41) is 15.4. The summed E-state index contributed by atoms with van der Waals surface area (Å²) >= 11 is 3.54. The van der Waals surface area contributed by atoms with E-state index >= 15 is 0 Å². The second kappa shape index (κ2) is 4.39. The minimum absolute atomic E-state index is 0.0823. The Kier molecular flexibility index (Phi) is 3.38. The van der Waals surface area contributed by atoms with Gasteiger partial charge in [-0.25, -0.2) is 0 Å². The lowest BCUT2D eigenvalue weighted by Gasteiger charge is -2.37. The van der Waals surface area contributed by atoms with Crippen LogP contribution in [0.15, 0.2) is 10.7 Å². The van der Waals surface area contributed by atoms with E-state index in [9.17, 15) is 5.11 Å². The zero-order valence-electron chi connectivity index (χ0n) is 10.8. The van der Waals surface area contributed by atoms with Crippen molar-refractivity contribution >= 4 is 15.9 Å². The molecule has 0 radical (unpaired) electrons. The van der Waals surface area contributed by atoms with Crippen molar-refractivity contribution in [3.05, 3.63) is 16.4 Å². The van der Waals surface area contributed by atoms with Crippen molar-refractivity contribution in [3.8, 4) is 0 Å². The number of nitrogens with zero attached hydrogens (tertiary/aromatic N) is 2. The molecule has 0 aliphatic heterocycles. The molecule has 1 aromatic rings. The van der Waals surface area contributed by atoms with Crippen LogP contribution < -0.4 is 0 Å². The minimum Gasteiger partial charge on any atom is -0.383 e. The van der Waals surface area contributed by atoms with E-state index in [0.717, 1.165) is 42.4 Å². The van der Waals surface area contributed by atoms with Gasteiger partial charge in [0.05, 0.1) is 16.4 Å². The fraction of sp³-hybridized carbons (Fsp3) is 0.769. The fourth-order valence-electron chi connectivity index (χ4n) is 2.93. The molecule has 1 aliphatic rings. The van der Waals surface area contributed by atoms with Crippen LogP contribution in [0.2, 0.25) is 0 Å². The van der Waals surface area contributed by atoms with Gasteiger partial charge in [0.1, 0.15) is 5.60 Å². The van der Waals surface area contributed by atoms with Crippen LogP contribution in [0.1, 0.15) is 52.1 Å². The van der Waals surface area contributed by atoms with Gasteiger partial charge in [-0.3, -0.25) is 4.68 Å². The van der Waals surface area contributed by atoms with Crippen molar-refractivity contribution < 1.29 is 5.11 Å². The lowest BCUT2D eigenvalue weighted by atomic mass is 9.75. The Morgan fingerprint density at radius 3 is 2.71 bits per heavy atom. The second-order valence-electron chi connectivity index (χ2n) is 5.66. The molecule has 0 bridgehead atoms. The van der Waals surface area contributed by atoms with Crippen LogP contribution in [-0.4, -0.2) is 14.9 Å². The third-order valence-electron chi connectivity index (χ3n) is 4.08. The topological polar surface area (TPSA) is 38.0 Å². The van der Waals surface area contributed by atoms with E-state index in [0.29, 0.717) is 0 Å². The molecule has 1 aromatic heterocycles. The molecule has 17 heavy (non-hydrogen) atoms. The summed E-state index contributed by atoms with van der Waals surface area (Å²) in [5.74, 6) is 0. The molecule has 2 rings (SSSR count). The van der Waals surface area contributed by atoms with Gasteiger partial charge in [0.2, 0.25) is 0 Å². The van der Waals surface area contributed by atoms with E-state index in [1.165, 1.54) is 0 Å². The molecule has 1 heterocycles. The molecule has 0 aromatic carbocycles. The van der Waals surface area contributed by atoms with Crippen molar-refractivity contribution in [2.24, 2.45) is 5.41 Å². The van der Waals surface area contributed by atoms with Gasteiger partial charge in [0.25, 0.3) is 0 Å². The molecule has 1 atom stereocenters. The number of hydrogen-bond acceptors (Lipinski definition) is 2. The Morgan fingerprint density at radius 1 is 1.47 bits per heavy atom. The van der Waals surface area contributed by atoms with Crippen molar-refractivity contribution in [2.45, 2.75) is 58.6 Å². The van der Waals surface area contributed by atoms with Gasteiger partial charge >= 0.3 is 0 Å². The molecule has 96 valence electrons. The number of halogens is 1. The summed E-state index contributed by atoms with van der Waals surface area (Å²) < 4.78 is 2.89. The van der Waals surface area contributed by atoms with Crippen molar-refractivity contribution in [1.82, 2.24) is 9.78 Å². The molecular formula is C13H21BrN2O. The minimum atomic E-state index is -0.752. The van der Waals surface area contributed by atoms with E-state index in [-0.39, 0.29) is 5.41 Å². The van der Waals surface area contributed by atoms with Crippen LogP contribution in [0.4, 0.5) is 0 Å². The van der Waals surface area contributed by atoms with Crippen LogP contribution >= 0.6 is 15.9 Å². The smallest absolute Gasteiger partial charge is 0.112 e. The van der Waals surface area contributed by atoms with E-state index < -0.39 is 5.60 Å². The normalized spacial score (nSPS) is 27.6. The monoisotopic (exact) mass is 300 g/mol. The molecule has 1 aliphatic carbocycles. The third kappa shape index (κ3) is 1.95. The molecule has 1 saturated carbocycles. The van der Waals surface area contributed by atoms with Gasteiger partial charge in [-0.05, 0) is 47.0 Å². The summed E-state index contributed by atoms with van der Waals surface area (Å²) in [4.78, 5) is 0. The quantitative estimate of drug-likeness (QED) is 0.928. The summed E-state index contributed by atoms with van der Waals surface area (Å²) in [6, 6.07) is 0. The lowest BCUT2D eigenvalue weighted by molar-refractivity contribution is -0.0563. The highest BCUT2D eigenvalue weighted by atomic mass is 79.9. The standard InChI is InChI=1S/C13H21BrN2O/c1-4-8-16-11(10(14)9-15-16)13(17)7-5-6-12(13,2)3/h9,17H,4-8H2,1-3H3. The van der Waals surface area contributed by atoms with Crippen molar-refractivity contribution in [3.63, 3.8) is 0 Å². The Bertz CT molecular complexity index is 414. The maximum atomic E-state index is 11.1. The van der Waals surface area contributed by atoms with Crippen LogP contribution in [0.3, 0.4) is 0 Å². The summed E-state index contributed by atoms with van der Waals surface area (Å²) in [6.07, 6.45) is 5.80. The predicted octanol–water partition coefficient (Wildman–Crippen LogP) is 3.45. The van der Waals surface area contributed by atoms with Gasteiger partial charge in [0.15, 0.2) is 0 Å². The Labute approximate surface area is 111 Å². The molecule has 4 heteroatoms. The Balaban J connectivity index is 2.48. The fourth-order valence-corrected chi connectivity index (χ4v) is 3.55. The Hall–Kier alpha value is -0.350. The second-order valence-corrected chi connectivity index (χ2v) is 6.52. The highest BCUT2D eigenvalue weighted by Gasteiger charge is 2.51. The molecular weight excluding hydrogens is 280 g/mol. The van der Waals surface area contributed by atoms with Gasteiger partial charge in [-0.1, -0.05) is 20.8 Å². The number of aliphatic hydroxyl groups is 1. The van der Waals surface area contributed by atoms with Crippen LogP contribution in [0, 0.1) is 5.41 Å². The average Bonchev–Trinajstić information content (AvgIpc) is 2.71. The highest BCUT2D eigenvalue weighted by Crippen LogP contribution is 2.53. The first kappa shape index (κ1) is 13.1. The largest absolute Gasteiger partial charge is 0.383 e. The van der Waals surface area contributed by atoms with Gasteiger partial charge in [-0.15, -0.1) is 0 Å². The molecule has 0 amide bonds. The average molecular weight is 301 g/mol. The first-order valence-corrected chi connectivity index (χ1v) is 7.16. The number of aryl methyl sites for hydroxylation is 1. The molecule has 1 unspecified atom stereocenters. The first-order valence-electron chi connectivity index (χ1n) is 6.36. The molecule has 1 fully saturated rings. The zero-order valence-corrected chi connectivity index (χ0v) is 12.4. The molecule has 3 nitrogen and oxygen atoms in total. The van der Waals surface area contributed by atoms with Crippen LogP contribution in [0.5, 0.6) is 0 Å².